The topological polar surface area (TPSA) is 85.3 Å². The minimum Gasteiger partial charge on any atom is -0.484 e. The summed E-state index contributed by atoms with van der Waals surface area (Å²) in [6, 6.07) is 15.9. The van der Waals surface area contributed by atoms with Gasteiger partial charge in [-0.05, 0) is 30.2 Å². The summed E-state index contributed by atoms with van der Waals surface area (Å²) in [6.07, 6.45) is -1.96. The number of para-hydroxylation sites is 1. The number of aliphatic hydroxyl groups excluding tert-OH is 1. The molecule has 0 unspecified atom stereocenters. The molecule has 2 aromatic rings. The van der Waals surface area contributed by atoms with Crippen molar-refractivity contribution in [2.45, 2.75) is 31.3 Å². The molecule has 0 aromatic heterocycles. The Kier molecular flexibility index (Phi) is 5.51. The summed E-state index contributed by atoms with van der Waals surface area (Å²) < 4.78 is 16.6. The predicted molar refractivity (Wildman–Crippen MR) is 103 cm³/mol. The summed E-state index contributed by atoms with van der Waals surface area (Å²) in [5, 5.41) is 10.9. The van der Waals surface area contributed by atoms with E-state index in [9.17, 15) is 14.7 Å². The third-order valence-corrected chi connectivity index (χ3v) is 5.26. The van der Waals surface area contributed by atoms with Crippen LogP contribution in [0, 0.1) is 0 Å². The molecule has 2 aromatic carbocycles. The number of hydrogen-bond acceptors (Lipinski definition) is 6. The molecule has 0 aliphatic carbocycles. The number of carbonyl (C=O) groups is 2. The Morgan fingerprint density at radius 2 is 1.69 bits per heavy atom. The number of fused-ring (bicyclic) bond motifs is 5. The molecule has 29 heavy (non-hydrogen) atoms. The zero-order chi connectivity index (χ0) is 20.4. The molecule has 1 saturated heterocycles. The number of nitrogens with zero attached hydrogens (tertiary/aromatic N) is 1. The minimum absolute atomic E-state index is 0.208. The first-order valence-electron chi connectivity index (χ1n) is 9.65. The van der Waals surface area contributed by atoms with E-state index in [-0.39, 0.29) is 19.8 Å². The van der Waals surface area contributed by atoms with Crippen molar-refractivity contribution in [3.8, 4) is 5.75 Å². The molecule has 2 heterocycles. The molecule has 2 aliphatic rings. The number of aliphatic hydroxyl groups is 1. The van der Waals surface area contributed by atoms with Gasteiger partial charge in [0.1, 0.15) is 30.6 Å². The van der Waals surface area contributed by atoms with Gasteiger partial charge in [0.2, 0.25) is 0 Å². The Balaban J connectivity index is 1.56. The fourth-order valence-corrected chi connectivity index (χ4v) is 4.02. The van der Waals surface area contributed by atoms with E-state index in [4.69, 9.17) is 14.2 Å². The Labute approximate surface area is 168 Å². The third kappa shape index (κ3) is 3.71. The van der Waals surface area contributed by atoms with Gasteiger partial charge >= 0.3 is 5.97 Å². The van der Waals surface area contributed by atoms with Crippen LogP contribution >= 0.6 is 0 Å². The molecule has 2 bridgehead atoms. The number of amides is 1. The molecule has 2 aliphatic heterocycles. The largest absolute Gasteiger partial charge is 0.484 e. The quantitative estimate of drug-likeness (QED) is 0.720. The van der Waals surface area contributed by atoms with Crippen LogP contribution in [0.5, 0.6) is 5.75 Å². The lowest BCUT2D eigenvalue weighted by molar-refractivity contribution is -0.153. The smallest absolute Gasteiger partial charge is 0.325 e. The van der Waals surface area contributed by atoms with E-state index in [0.717, 1.165) is 11.1 Å². The van der Waals surface area contributed by atoms with Gasteiger partial charge in [-0.3, -0.25) is 9.59 Å². The first-order valence-corrected chi connectivity index (χ1v) is 9.65. The predicted octanol–water partition coefficient (Wildman–Crippen LogP) is 2.01. The number of benzene rings is 2. The second-order valence-corrected chi connectivity index (χ2v) is 7.02. The second kappa shape index (κ2) is 8.23. The van der Waals surface area contributed by atoms with Crippen molar-refractivity contribution in [1.82, 2.24) is 4.90 Å². The fraction of sp³-hybridized carbons (Fsp3) is 0.364. The van der Waals surface area contributed by atoms with Crippen LogP contribution in [0.15, 0.2) is 54.6 Å². The number of carbonyl (C=O) groups excluding carboxylic acids is 2. The van der Waals surface area contributed by atoms with Crippen LogP contribution in [0.3, 0.4) is 0 Å². The van der Waals surface area contributed by atoms with Gasteiger partial charge in [-0.25, -0.2) is 0 Å². The van der Waals surface area contributed by atoms with Crippen LogP contribution < -0.4 is 4.74 Å². The summed E-state index contributed by atoms with van der Waals surface area (Å²) in [5.74, 6) is -0.407. The third-order valence-electron chi connectivity index (χ3n) is 5.26. The maximum absolute atomic E-state index is 13.0. The number of hydrogen-bond donors (Lipinski definition) is 1. The zero-order valence-corrected chi connectivity index (χ0v) is 16.1. The zero-order valence-electron chi connectivity index (χ0n) is 16.1. The first-order chi connectivity index (χ1) is 14.1. The lowest BCUT2D eigenvalue weighted by Crippen LogP contribution is -2.52. The van der Waals surface area contributed by atoms with Gasteiger partial charge < -0.3 is 24.2 Å². The van der Waals surface area contributed by atoms with Gasteiger partial charge in [-0.15, -0.1) is 0 Å². The molecule has 7 heteroatoms. The van der Waals surface area contributed by atoms with Gasteiger partial charge in [0, 0.05) is 0 Å². The van der Waals surface area contributed by atoms with Gasteiger partial charge in [-0.1, -0.05) is 42.5 Å². The summed E-state index contributed by atoms with van der Waals surface area (Å²) in [4.78, 5) is 26.5. The van der Waals surface area contributed by atoms with Crippen LogP contribution in [0.25, 0.3) is 0 Å². The Morgan fingerprint density at radius 1 is 1.03 bits per heavy atom. The van der Waals surface area contributed by atoms with Crippen LogP contribution in [-0.4, -0.2) is 53.8 Å². The maximum Gasteiger partial charge on any atom is 0.325 e. The molecular formula is C22H23NO6. The molecule has 4 rings (SSSR count). The minimum atomic E-state index is -0.940. The lowest BCUT2D eigenvalue weighted by Gasteiger charge is -2.35. The number of ether oxygens (including phenoxy) is 3. The van der Waals surface area contributed by atoms with E-state index < -0.39 is 36.2 Å². The molecule has 0 spiro atoms. The molecule has 1 amide bonds. The van der Waals surface area contributed by atoms with Crippen molar-refractivity contribution < 1.29 is 28.9 Å². The molecule has 7 nitrogen and oxygen atoms in total. The number of esters is 1. The maximum atomic E-state index is 13.0. The van der Waals surface area contributed by atoms with Crippen LogP contribution in [0.4, 0.5) is 0 Å². The van der Waals surface area contributed by atoms with Crippen molar-refractivity contribution in [3.05, 3.63) is 65.7 Å². The van der Waals surface area contributed by atoms with E-state index in [1.165, 1.54) is 4.90 Å². The van der Waals surface area contributed by atoms with E-state index in [1.54, 1.807) is 31.2 Å². The van der Waals surface area contributed by atoms with Crippen LogP contribution in [-0.2, 0) is 19.1 Å². The average molecular weight is 397 g/mol. The van der Waals surface area contributed by atoms with Gasteiger partial charge in [0.05, 0.1) is 12.6 Å². The SMILES string of the molecule is CCOC(=O)CN(C(=O)COc1ccccc1)[C@H]1[C@H](O)[C@@H]2O[C@H]1c1ccccc12. The molecule has 4 atom stereocenters. The molecule has 1 fully saturated rings. The highest BCUT2D eigenvalue weighted by molar-refractivity contribution is 5.83. The highest BCUT2D eigenvalue weighted by Gasteiger charge is 2.55. The van der Waals surface area contributed by atoms with Crippen molar-refractivity contribution >= 4 is 11.9 Å². The molecule has 152 valence electrons. The molecule has 0 saturated carbocycles. The normalized spacial score (nSPS) is 24.1. The summed E-state index contributed by atoms with van der Waals surface area (Å²) >= 11 is 0. The monoisotopic (exact) mass is 397 g/mol. The van der Waals surface area contributed by atoms with Crippen molar-refractivity contribution in [1.29, 1.82) is 0 Å². The van der Waals surface area contributed by atoms with Crippen molar-refractivity contribution in [3.63, 3.8) is 0 Å². The van der Waals surface area contributed by atoms with Crippen molar-refractivity contribution in [2.24, 2.45) is 0 Å². The van der Waals surface area contributed by atoms with Gasteiger partial charge in [-0.2, -0.15) is 0 Å². The standard InChI is InChI=1S/C22H23NO6/c1-2-27-18(25)12-23(17(24)13-28-14-8-4-3-5-9-14)19-20(26)22-16-11-7-6-10-15(16)21(19)29-22/h3-11,19-22,26H,2,12-13H2,1H3/t19-,20-,21-,22+/m0/s1. The number of rotatable bonds is 7. The van der Waals surface area contributed by atoms with Crippen LogP contribution in [0.1, 0.15) is 30.3 Å². The summed E-state index contributed by atoms with van der Waals surface area (Å²) in [5.41, 5.74) is 1.85. The van der Waals surface area contributed by atoms with Crippen LogP contribution in [0.2, 0.25) is 0 Å². The van der Waals surface area contributed by atoms with E-state index in [2.05, 4.69) is 0 Å². The van der Waals surface area contributed by atoms with Gasteiger partial charge in [0.25, 0.3) is 5.91 Å². The molecular weight excluding hydrogens is 374 g/mol. The van der Waals surface area contributed by atoms with E-state index in [1.807, 2.05) is 30.3 Å². The fourth-order valence-electron chi connectivity index (χ4n) is 4.02. The van der Waals surface area contributed by atoms with E-state index in [0.29, 0.717) is 5.75 Å². The van der Waals surface area contributed by atoms with Gasteiger partial charge in [0.15, 0.2) is 6.61 Å². The Morgan fingerprint density at radius 3 is 2.38 bits per heavy atom. The highest BCUT2D eigenvalue weighted by Crippen LogP contribution is 2.52. The average Bonchev–Trinajstić information content (AvgIpc) is 3.27. The summed E-state index contributed by atoms with van der Waals surface area (Å²) in [7, 11) is 0. The lowest BCUT2D eigenvalue weighted by atomic mass is 9.85. The second-order valence-electron chi connectivity index (χ2n) is 7.02. The van der Waals surface area contributed by atoms with Crippen molar-refractivity contribution in [2.75, 3.05) is 19.8 Å². The van der Waals surface area contributed by atoms with E-state index >= 15 is 0 Å². The molecule has 1 N–H and O–H groups in total. The Hall–Kier alpha value is -2.90. The first kappa shape index (κ1) is 19.4. The Bertz CT molecular complexity index is 886. The summed E-state index contributed by atoms with van der Waals surface area (Å²) in [6.45, 7) is 1.38. The highest BCUT2D eigenvalue weighted by atomic mass is 16.5. The molecule has 0 radical (unpaired) electrons.